The number of methoxy groups -OCH3 is 2. The summed E-state index contributed by atoms with van der Waals surface area (Å²) in [6.45, 7) is 7.08. The smallest absolute Gasteiger partial charge is 0.306 e. The lowest BCUT2D eigenvalue weighted by molar-refractivity contribution is -0.171. The number of carbonyl (C=O) groups excluding carboxylic acids is 1. The summed E-state index contributed by atoms with van der Waals surface area (Å²) < 4.78 is 29.6. The van der Waals surface area contributed by atoms with Crippen LogP contribution in [-0.2, 0) is 30.2 Å². The van der Waals surface area contributed by atoms with Gasteiger partial charge in [0.05, 0.1) is 25.7 Å². The Morgan fingerprint density at radius 1 is 1.29 bits per heavy atom. The minimum Gasteiger partial charge on any atom is -0.497 e. The van der Waals surface area contributed by atoms with Crippen molar-refractivity contribution in [1.82, 2.24) is 4.98 Å². The summed E-state index contributed by atoms with van der Waals surface area (Å²) in [5.41, 5.74) is 2.83. The highest BCUT2D eigenvalue weighted by Crippen LogP contribution is 2.59. The van der Waals surface area contributed by atoms with Crippen LogP contribution in [0.15, 0.2) is 36.0 Å². The van der Waals surface area contributed by atoms with Crippen molar-refractivity contribution >= 4 is 16.9 Å². The maximum absolute atomic E-state index is 12.9. The van der Waals surface area contributed by atoms with Crippen molar-refractivity contribution in [2.24, 2.45) is 5.92 Å². The zero-order valence-electron chi connectivity index (χ0n) is 21.4. The van der Waals surface area contributed by atoms with Crippen LogP contribution in [0.3, 0.4) is 0 Å². The van der Waals surface area contributed by atoms with Gasteiger partial charge >= 0.3 is 5.97 Å². The minimum atomic E-state index is -0.336. The number of H-pyrrole nitrogens is 1. The zero-order valence-corrected chi connectivity index (χ0v) is 21.4. The summed E-state index contributed by atoms with van der Waals surface area (Å²) in [6.07, 6.45) is 7.12. The Balaban J connectivity index is 1.25. The van der Waals surface area contributed by atoms with Crippen molar-refractivity contribution in [3.05, 3.63) is 41.6 Å². The Labute approximate surface area is 207 Å². The molecular weight excluding hydrogens is 446 g/mol. The van der Waals surface area contributed by atoms with Crippen LogP contribution in [0.4, 0.5) is 0 Å². The first-order valence-electron chi connectivity index (χ1n) is 12.6. The van der Waals surface area contributed by atoms with Gasteiger partial charge in [0.2, 0.25) is 0 Å². The SMILES string of the molecule is COc1ccc2[nH]cc(CCC(=O)O[C@@H]3CC[C@]4(CO4)[C@@H]([C@]4(C)O[C@@H]4CC=C(C)C)[C@@H]3OC)c2c1. The maximum Gasteiger partial charge on any atom is 0.306 e. The molecule has 0 radical (unpaired) electrons. The molecule has 3 heterocycles. The summed E-state index contributed by atoms with van der Waals surface area (Å²) in [4.78, 5) is 16.2. The number of aryl methyl sites for hydroxylation is 1. The number of epoxide rings is 2. The Morgan fingerprint density at radius 2 is 2.09 bits per heavy atom. The molecular formula is C28H37NO6. The van der Waals surface area contributed by atoms with E-state index in [2.05, 4.69) is 31.8 Å². The van der Waals surface area contributed by atoms with Crippen molar-refractivity contribution in [1.29, 1.82) is 0 Å². The second-order valence-corrected chi connectivity index (χ2v) is 10.6. The molecule has 190 valence electrons. The summed E-state index contributed by atoms with van der Waals surface area (Å²) in [5, 5.41) is 1.07. The van der Waals surface area contributed by atoms with Gasteiger partial charge in [-0.15, -0.1) is 0 Å². The number of esters is 1. The molecule has 7 nitrogen and oxygen atoms in total. The standard InChI is InChI=1S/C28H37NO6/c1-17(2)6-10-23-27(3,35-23)26-25(32-5)22(12-13-28(26)16-33-28)34-24(30)11-7-18-15-29-21-9-8-19(31-4)14-20(18)21/h6,8-9,14-15,22-23,25-26,29H,7,10-13,16H2,1-5H3/t22-,23-,25-,26-,27-,28+/m1/s1. The van der Waals surface area contributed by atoms with Crippen molar-refractivity contribution in [3.63, 3.8) is 0 Å². The molecule has 2 saturated heterocycles. The molecule has 0 amide bonds. The van der Waals surface area contributed by atoms with Gasteiger partial charge in [0.15, 0.2) is 0 Å². The van der Waals surface area contributed by atoms with Gasteiger partial charge in [-0.05, 0) is 70.2 Å². The molecule has 1 spiro atoms. The van der Waals surface area contributed by atoms with Gasteiger partial charge in [0, 0.05) is 30.6 Å². The van der Waals surface area contributed by atoms with Gasteiger partial charge in [-0.3, -0.25) is 4.79 Å². The van der Waals surface area contributed by atoms with Crippen LogP contribution in [0.5, 0.6) is 5.75 Å². The van der Waals surface area contributed by atoms with Crippen LogP contribution in [0.2, 0.25) is 0 Å². The molecule has 1 saturated carbocycles. The fourth-order valence-corrected chi connectivity index (χ4v) is 6.03. The predicted molar refractivity (Wildman–Crippen MR) is 133 cm³/mol. The molecule has 1 aromatic carbocycles. The van der Waals surface area contributed by atoms with E-state index in [-0.39, 0.29) is 41.4 Å². The highest BCUT2D eigenvalue weighted by atomic mass is 16.6. The second kappa shape index (κ2) is 9.26. The average Bonchev–Trinajstić information content (AvgIpc) is 3.72. The van der Waals surface area contributed by atoms with E-state index in [9.17, 15) is 4.79 Å². The van der Waals surface area contributed by atoms with Crippen molar-refractivity contribution < 1.29 is 28.5 Å². The fourth-order valence-electron chi connectivity index (χ4n) is 6.03. The number of fused-ring (bicyclic) bond motifs is 1. The van der Waals surface area contributed by atoms with Gasteiger partial charge in [0.25, 0.3) is 0 Å². The topological polar surface area (TPSA) is 85.6 Å². The molecule has 3 fully saturated rings. The number of nitrogens with one attached hydrogen (secondary N) is 1. The van der Waals surface area contributed by atoms with Crippen molar-refractivity contribution in [2.45, 2.75) is 82.4 Å². The molecule has 0 unspecified atom stereocenters. The monoisotopic (exact) mass is 483 g/mol. The van der Waals surface area contributed by atoms with Crippen LogP contribution in [0, 0.1) is 5.92 Å². The third-order valence-corrected chi connectivity index (χ3v) is 8.09. The number of rotatable bonds is 9. The Bertz CT molecular complexity index is 1110. The number of carbonyl (C=O) groups is 1. The number of aromatic nitrogens is 1. The minimum absolute atomic E-state index is 0.0307. The Morgan fingerprint density at radius 3 is 2.77 bits per heavy atom. The van der Waals surface area contributed by atoms with Crippen LogP contribution in [0.25, 0.3) is 10.9 Å². The quantitative estimate of drug-likeness (QED) is 0.315. The number of ether oxygens (including phenoxy) is 5. The van der Waals surface area contributed by atoms with E-state index in [1.54, 1.807) is 14.2 Å². The highest BCUT2D eigenvalue weighted by molar-refractivity contribution is 5.85. The average molecular weight is 484 g/mol. The lowest BCUT2D eigenvalue weighted by atomic mass is 9.68. The fraction of sp³-hybridized carbons (Fsp3) is 0.607. The van der Waals surface area contributed by atoms with Crippen LogP contribution in [-0.4, -0.2) is 61.3 Å². The second-order valence-electron chi connectivity index (χ2n) is 10.6. The number of hydrogen-bond acceptors (Lipinski definition) is 6. The van der Waals surface area contributed by atoms with Crippen LogP contribution < -0.4 is 4.74 Å². The summed E-state index contributed by atoms with van der Waals surface area (Å²) in [7, 11) is 3.36. The Kier molecular flexibility index (Phi) is 6.45. The Hall–Kier alpha value is -2.35. The largest absolute Gasteiger partial charge is 0.497 e. The van der Waals surface area contributed by atoms with E-state index in [1.165, 1.54) is 5.57 Å². The molecule has 6 atom stereocenters. The number of hydrogen-bond donors (Lipinski definition) is 1. The predicted octanol–water partition coefficient (Wildman–Crippen LogP) is 4.73. The van der Waals surface area contributed by atoms with Gasteiger partial charge in [0.1, 0.15) is 29.2 Å². The van der Waals surface area contributed by atoms with E-state index in [0.29, 0.717) is 12.8 Å². The van der Waals surface area contributed by atoms with E-state index in [1.807, 2.05) is 24.4 Å². The molecule has 2 aromatic rings. The first-order chi connectivity index (χ1) is 16.8. The van der Waals surface area contributed by atoms with E-state index < -0.39 is 0 Å². The first kappa shape index (κ1) is 24.3. The van der Waals surface area contributed by atoms with Crippen molar-refractivity contribution in [3.8, 4) is 5.75 Å². The molecule has 2 aliphatic heterocycles. The van der Waals surface area contributed by atoms with Gasteiger partial charge < -0.3 is 28.7 Å². The van der Waals surface area contributed by atoms with Crippen LogP contribution >= 0.6 is 0 Å². The molecule has 1 aliphatic carbocycles. The number of benzene rings is 1. The van der Waals surface area contributed by atoms with E-state index in [4.69, 9.17) is 23.7 Å². The molecule has 35 heavy (non-hydrogen) atoms. The van der Waals surface area contributed by atoms with E-state index in [0.717, 1.165) is 48.1 Å². The molecule has 1 N–H and O–H groups in total. The van der Waals surface area contributed by atoms with Crippen LogP contribution in [0.1, 0.15) is 52.0 Å². The molecule has 1 aromatic heterocycles. The normalized spacial score (nSPS) is 33.5. The first-order valence-corrected chi connectivity index (χ1v) is 12.6. The molecule has 0 bridgehead atoms. The maximum atomic E-state index is 12.9. The highest BCUT2D eigenvalue weighted by Gasteiger charge is 2.72. The zero-order chi connectivity index (χ0) is 24.8. The summed E-state index contributed by atoms with van der Waals surface area (Å²) in [6, 6.07) is 5.91. The molecule has 5 rings (SSSR count). The molecule has 3 aliphatic rings. The third kappa shape index (κ3) is 4.61. The number of allylic oxidation sites excluding steroid dienone is 1. The number of aromatic amines is 1. The van der Waals surface area contributed by atoms with E-state index >= 15 is 0 Å². The van der Waals surface area contributed by atoms with Gasteiger partial charge in [-0.25, -0.2) is 0 Å². The summed E-state index contributed by atoms with van der Waals surface area (Å²) in [5.74, 6) is 0.624. The van der Waals surface area contributed by atoms with Gasteiger partial charge in [-0.2, -0.15) is 0 Å². The third-order valence-electron chi connectivity index (χ3n) is 8.09. The van der Waals surface area contributed by atoms with Crippen molar-refractivity contribution in [2.75, 3.05) is 20.8 Å². The van der Waals surface area contributed by atoms with Gasteiger partial charge in [-0.1, -0.05) is 11.6 Å². The molecule has 7 heteroatoms. The lowest BCUT2D eigenvalue weighted by Crippen LogP contribution is -2.55. The summed E-state index contributed by atoms with van der Waals surface area (Å²) >= 11 is 0. The lowest BCUT2D eigenvalue weighted by Gasteiger charge is -2.42.